The van der Waals surface area contributed by atoms with Crippen LogP contribution in [-0.2, 0) is 27.7 Å². The van der Waals surface area contributed by atoms with Crippen molar-refractivity contribution in [1.29, 1.82) is 0 Å². The maximum absolute atomic E-state index is 11.9. The lowest BCUT2D eigenvalue weighted by atomic mass is 10.1. The quantitative estimate of drug-likeness (QED) is 0.0566. The average molecular weight is 577 g/mol. The monoisotopic (exact) mass is 577 g/mol. The highest BCUT2D eigenvalue weighted by atomic mass is 31.2. The predicted octanol–water partition coefficient (Wildman–Crippen LogP) is -4.45. The largest absolute Gasteiger partial charge is 0.469 e. The average Bonchev–Trinajstić information content (AvgIpc) is 3.33. The zero-order chi connectivity index (χ0) is 28.1. The van der Waals surface area contributed by atoms with E-state index in [0.717, 1.165) is 17.2 Å². The van der Waals surface area contributed by atoms with Crippen molar-refractivity contribution in [2.75, 3.05) is 25.1 Å². The Morgan fingerprint density at radius 3 is 2.38 bits per heavy atom. The van der Waals surface area contributed by atoms with Crippen LogP contribution >= 0.6 is 15.6 Å². The first-order valence-electron chi connectivity index (χ1n) is 9.94. The van der Waals surface area contributed by atoms with Crippen LogP contribution in [0.2, 0.25) is 0 Å². The molecular formula is C15H25N5O15P2. The molecule has 1 aliphatic heterocycles. The Morgan fingerprint density at radius 2 is 1.81 bits per heavy atom. The van der Waals surface area contributed by atoms with E-state index in [9.17, 15) is 39.1 Å². The number of nitrogens with two attached hydrogens (primary N) is 1. The van der Waals surface area contributed by atoms with Crippen LogP contribution in [-0.4, -0.2) is 118 Å². The standard InChI is InChI=1S/C15H25N5O15P2/c16-13(26)9-14(18-4-17-1-6(21)10(23)7(22)2-33-36(27,28)29)20(5-19-9)15-12(25)11(24)8(35-15)3-34-37(30,31)32/h4-5,7-8,10-12,15,22-25H,1-3H2,(H2,16,26)(H,17,18)(H2,27,28,29)(H2,30,31,32)/t7-,8+,10+,11+,12+,15+/m1/s1. The zero-order valence-corrected chi connectivity index (χ0v) is 20.3. The molecule has 1 aromatic rings. The molecule has 6 atom stereocenters. The third kappa shape index (κ3) is 8.97. The fraction of sp³-hybridized carbons (Fsp3) is 0.600. The maximum Gasteiger partial charge on any atom is 0.469 e. The summed E-state index contributed by atoms with van der Waals surface area (Å²) in [4.78, 5) is 65.8. The maximum atomic E-state index is 11.9. The molecule has 1 amide bonds. The first kappa shape index (κ1) is 31.1. The lowest BCUT2D eigenvalue weighted by molar-refractivity contribution is -0.132. The molecule has 1 aliphatic rings. The Balaban J connectivity index is 2.09. The fourth-order valence-corrected chi connectivity index (χ4v) is 3.65. The Kier molecular flexibility index (Phi) is 10.6. The third-order valence-electron chi connectivity index (χ3n) is 4.69. The summed E-state index contributed by atoms with van der Waals surface area (Å²) in [5.74, 6) is -2.37. The third-order valence-corrected chi connectivity index (χ3v) is 5.66. The van der Waals surface area contributed by atoms with E-state index < -0.39 is 89.5 Å². The van der Waals surface area contributed by atoms with Crippen molar-refractivity contribution in [1.82, 2.24) is 9.55 Å². The van der Waals surface area contributed by atoms with Gasteiger partial charge in [-0.25, -0.2) is 14.1 Å². The number of aliphatic imine (C=N–C) groups is 1. The number of ketones is 1. The molecule has 0 aliphatic carbocycles. The van der Waals surface area contributed by atoms with Gasteiger partial charge in [0.2, 0.25) is 0 Å². The summed E-state index contributed by atoms with van der Waals surface area (Å²) in [7, 11) is -9.86. The number of anilines is 1. The van der Waals surface area contributed by atoms with Gasteiger partial charge >= 0.3 is 15.6 Å². The van der Waals surface area contributed by atoms with Crippen LogP contribution in [0, 0.1) is 0 Å². The van der Waals surface area contributed by atoms with Gasteiger partial charge in [-0.2, -0.15) is 0 Å². The molecule has 11 N–H and O–H groups in total. The highest BCUT2D eigenvalue weighted by Gasteiger charge is 2.45. The number of Topliss-reactive ketones (excluding diaryl/α,β-unsaturated/α-hetero) is 1. The van der Waals surface area contributed by atoms with Crippen LogP contribution < -0.4 is 11.1 Å². The molecule has 0 saturated carbocycles. The fourth-order valence-electron chi connectivity index (χ4n) is 2.96. The van der Waals surface area contributed by atoms with E-state index in [4.69, 9.17) is 30.0 Å². The summed E-state index contributed by atoms with van der Waals surface area (Å²) in [5.41, 5.74) is 4.85. The van der Waals surface area contributed by atoms with Gasteiger partial charge in [-0.15, -0.1) is 0 Å². The number of nitrogens with zero attached hydrogens (tertiary/aromatic N) is 3. The number of phosphoric acid groups is 2. The number of phosphoric ester groups is 2. The molecule has 20 nitrogen and oxygen atoms in total. The number of amides is 1. The first-order valence-corrected chi connectivity index (χ1v) is 13.0. The van der Waals surface area contributed by atoms with Gasteiger partial charge in [0.25, 0.3) is 5.91 Å². The van der Waals surface area contributed by atoms with Crippen molar-refractivity contribution in [3.05, 3.63) is 12.0 Å². The summed E-state index contributed by atoms with van der Waals surface area (Å²) in [6.45, 7) is -2.60. The first-order chi connectivity index (χ1) is 17.0. The SMILES string of the molecule is NC(=O)c1ncn([C@H]2O[C@@H](COP(=O)(O)O)[C@H](O)[C@@H]2O)c1NC=NCC(=O)[C@H](O)[C@H](O)COP(=O)(O)O. The molecule has 37 heavy (non-hydrogen) atoms. The number of ether oxygens (including phenoxy) is 1. The minimum absolute atomic E-state index is 0.243. The van der Waals surface area contributed by atoms with Crippen molar-refractivity contribution in [3.63, 3.8) is 0 Å². The predicted molar refractivity (Wildman–Crippen MR) is 117 cm³/mol. The van der Waals surface area contributed by atoms with Crippen molar-refractivity contribution in [2.24, 2.45) is 10.7 Å². The van der Waals surface area contributed by atoms with Gasteiger partial charge in [0.15, 0.2) is 17.7 Å². The van der Waals surface area contributed by atoms with E-state index in [0.29, 0.717) is 0 Å². The number of primary amides is 1. The number of aliphatic hydroxyl groups excluding tert-OH is 4. The van der Waals surface area contributed by atoms with Gasteiger partial charge < -0.3 is 55.8 Å². The van der Waals surface area contributed by atoms with Gasteiger partial charge in [0.1, 0.15) is 42.9 Å². The zero-order valence-electron chi connectivity index (χ0n) is 18.5. The molecule has 210 valence electrons. The van der Waals surface area contributed by atoms with Crippen LogP contribution in [0.1, 0.15) is 16.7 Å². The van der Waals surface area contributed by atoms with E-state index in [2.05, 4.69) is 24.3 Å². The van der Waals surface area contributed by atoms with E-state index in [1.807, 2.05) is 0 Å². The van der Waals surface area contributed by atoms with Crippen molar-refractivity contribution in [2.45, 2.75) is 36.7 Å². The second-order valence-corrected chi connectivity index (χ2v) is 9.90. The Morgan fingerprint density at radius 1 is 1.19 bits per heavy atom. The number of rotatable bonds is 14. The molecule has 2 heterocycles. The number of carbonyl (C=O) groups excluding carboxylic acids is 2. The van der Waals surface area contributed by atoms with Crippen LogP contribution in [0.4, 0.5) is 5.82 Å². The number of aliphatic hydroxyl groups is 4. The molecule has 0 spiro atoms. The van der Waals surface area contributed by atoms with E-state index in [1.165, 1.54) is 0 Å². The molecule has 1 saturated heterocycles. The molecule has 0 unspecified atom stereocenters. The summed E-state index contributed by atoms with van der Waals surface area (Å²) in [6.07, 6.45) is -8.46. The van der Waals surface area contributed by atoms with E-state index in [-0.39, 0.29) is 5.82 Å². The Labute approximate surface area is 206 Å². The molecule has 22 heteroatoms. The van der Waals surface area contributed by atoms with Crippen LogP contribution in [0.5, 0.6) is 0 Å². The van der Waals surface area contributed by atoms with Crippen LogP contribution in [0.3, 0.4) is 0 Å². The highest BCUT2D eigenvalue weighted by molar-refractivity contribution is 7.46. The van der Waals surface area contributed by atoms with Crippen LogP contribution in [0.25, 0.3) is 0 Å². The molecular weight excluding hydrogens is 552 g/mol. The Bertz CT molecular complexity index is 1090. The molecule has 0 bridgehead atoms. The summed E-state index contributed by atoms with van der Waals surface area (Å²) in [6, 6.07) is 0. The van der Waals surface area contributed by atoms with Gasteiger partial charge in [-0.1, -0.05) is 0 Å². The normalized spacial score (nSPS) is 24.3. The second kappa shape index (κ2) is 12.6. The number of carbonyl (C=O) groups is 2. The number of aromatic nitrogens is 2. The number of imidazole rings is 1. The van der Waals surface area contributed by atoms with Crippen molar-refractivity contribution < 1.29 is 72.5 Å². The molecule has 0 radical (unpaired) electrons. The smallest absolute Gasteiger partial charge is 0.388 e. The Hall–Kier alpha value is -2.16. The van der Waals surface area contributed by atoms with E-state index >= 15 is 0 Å². The highest BCUT2D eigenvalue weighted by Crippen LogP contribution is 2.39. The van der Waals surface area contributed by atoms with Gasteiger partial charge in [0, 0.05) is 0 Å². The minimum atomic E-state index is -4.95. The van der Waals surface area contributed by atoms with Gasteiger partial charge in [-0.3, -0.25) is 28.2 Å². The van der Waals surface area contributed by atoms with Gasteiger partial charge in [0.05, 0.1) is 25.9 Å². The van der Waals surface area contributed by atoms with Crippen molar-refractivity contribution in [3.8, 4) is 0 Å². The molecule has 0 aromatic carbocycles. The number of hydrogen-bond acceptors (Lipinski definition) is 13. The number of nitrogens with one attached hydrogen (secondary N) is 1. The molecule has 2 rings (SSSR count). The second-order valence-electron chi connectivity index (χ2n) is 7.42. The molecule has 1 aromatic heterocycles. The lowest BCUT2D eigenvalue weighted by Crippen LogP contribution is -2.38. The van der Waals surface area contributed by atoms with Crippen molar-refractivity contribution >= 4 is 39.5 Å². The lowest BCUT2D eigenvalue weighted by Gasteiger charge is -2.19. The van der Waals surface area contributed by atoms with Crippen LogP contribution in [0.15, 0.2) is 11.3 Å². The minimum Gasteiger partial charge on any atom is -0.388 e. The van der Waals surface area contributed by atoms with E-state index in [1.54, 1.807) is 0 Å². The van der Waals surface area contributed by atoms with Gasteiger partial charge in [-0.05, 0) is 0 Å². The summed E-state index contributed by atoms with van der Waals surface area (Å²) in [5, 5.41) is 42.2. The summed E-state index contributed by atoms with van der Waals surface area (Å²) >= 11 is 0. The molecule has 1 fully saturated rings. The topological polar surface area (TPSA) is 326 Å². The number of hydrogen-bond donors (Lipinski definition) is 10. The summed E-state index contributed by atoms with van der Waals surface area (Å²) < 4.78 is 36.2.